The van der Waals surface area contributed by atoms with Crippen molar-refractivity contribution in [3.63, 3.8) is 0 Å². The van der Waals surface area contributed by atoms with Crippen molar-refractivity contribution in [1.29, 1.82) is 0 Å². The maximum absolute atomic E-state index is 13.1. The molecule has 0 saturated carbocycles. The molecule has 1 aliphatic rings. The SMILES string of the molecule is Cc1cc[n+](CCCC2(c3ccc(F)cc3)OCCO2)cc1.[Cl-]. The summed E-state index contributed by atoms with van der Waals surface area (Å²) in [4.78, 5) is 0. The third-order valence-electron chi connectivity index (χ3n) is 4.02. The van der Waals surface area contributed by atoms with Crippen molar-refractivity contribution in [2.75, 3.05) is 13.2 Å². The number of nitrogens with zero attached hydrogens (tertiary/aromatic N) is 1. The molecule has 1 aromatic carbocycles. The second-order valence-electron chi connectivity index (χ2n) is 5.67. The van der Waals surface area contributed by atoms with Gasteiger partial charge >= 0.3 is 0 Å². The average Bonchev–Trinajstić information content (AvgIpc) is 3.00. The van der Waals surface area contributed by atoms with Gasteiger partial charge in [-0.3, -0.25) is 0 Å². The molecule has 3 nitrogen and oxygen atoms in total. The van der Waals surface area contributed by atoms with E-state index in [1.807, 2.05) is 0 Å². The Morgan fingerprint density at radius 2 is 1.65 bits per heavy atom. The lowest BCUT2D eigenvalue weighted by Gasteiger charge is -2.27. The number of benzene rings is 1. The first-order valence-corrected chi connectivity index (χ1v) is 7.68. The molecular weight excluding hydrogens is 317 g/mol. The number of hydrogen-bond acceptors (Lipinski definition) is 2. The van der Waals surface area contributed by atoms with E-state index in [4.69, 9.17) is 9.47 Å². The highest BCUT2D eigenvalue weighted by molar-refractivity contribution is 5.21. The van der Waals surface area contributed by atoms with Gasteiger partial charge in [0.05, 0.1) is 13.2 Å². The molecule has 2 aromatic rings. The summed E-state index contributed by atoms with van der Waals surface area (Å²) in [6, 6.07) is 10.6. The zero-order chi connectivity index (χ0) is 15.4. The van der Waals surface area contributed by atoms with Gasteiger partial charge in [0.2, 0.25) is 0 Å². The number of aryl methyl sites for hydroxylation is 2. The topological polar surface area (TPSA) is 22.3 Å². The van der Waals surface area contributed by atoms with Crippen molar-refractivity contribution >= 4 is 0 Å². The van der Waals surface area contributed by atoms with Crippen LogP contribution in [-0.4, -0.2) is 13.2 Å². The largest absolute Gasteiger partial charge is 1.00 e. The molecule has 1 fully saturated rings. The molecule has 5 heteroatoms. The molecule has 2 heterocycles. The molecule has 0 atom stereocenters. The van der Waals surface area contributed by atoms with Gasteiger partial charge in [0, 0.05) is 30.5 Å². The minimum Gasteiger partial charge on any atom is -1.00 e. The molecule has 0 aliphatic carbocycles. The van der Waals surface area contributed by atoms with Crippen LogP contribution >= 0.6 is 0 Å². The van der Waals surface area contributed by atoms with Gasteiger partial charge in [0.25, 0.3) is 0 Å². The maximum atomic E-state index is 13.1. The van der Waals surface area contributed by atoms with Gasteiger partial charge in [-0.2, -0.15) is 0 Å². The van der Waals surface area contributed by atoms with Gasteiger partial charge in [0.1, 0.15) is 12.4 Å². The van der Waals surface area contributed by atoms with Gasteiger partial charge in [-0.25, -0.2) is 8.96 Å². The first-order valence-electron chi connectivity index (χ1n) is 7.68. The van der Waals surface area contributed by atoms with E-state index in [1.54, 1.807) is 12.1 Å². The Hall–Kier alpha value is -1.49. The molecule has 1 aromatic heterocycles. The third kappa shape index (κ3) is 4.28. The predicted octanol–water partition coefficient (Wildman–Crippen LogP) is 0.106. The molecule has 1 saturated heterocycles. The monoisotopic (exact) mass is 337 g/mol. The molecule has 0 radical (unpaired) electrons. The molecule has 124 valence electrons. The van der Waals surface area contributed by atoms with Crippen LogP contribution in [0.2, 0.25) is 0 Å². The summed E-state index contributed by atoms with van der Waals surface area (Å²) in [5.74, 6) is -0.967. The maximum Gasteiger partial charge on any atom is 0.195 e. The Morgan fingerprint density at radius 3 is 2.26 bits per heavy atom. The molecule has 23 heavy (non-hydrogen) atoms. The standard InChI is InChI=1S/C18H21FNO2.ClH/c1-15-7-11-20(12-8-15)10-2-9-18(21-13-14-22-18)16-3-5-17(19)6-4-16;/h3-8,11-12H,2,9-10,13-14H2,1H3;1H/q+1;/p-1. The molecule has 1 aliphatic heterocycles. The van der Waals surface area contributed by atoms with Crippen molar-refractivity contribution in [3.05, 3.63) is 65.7 Å². The van der Waals surface area contributed by atoms with E-state index in [1.165, 1.54) is 17.7 Å². The van der Waals surface area contributed by atoms with Crippen LogP contribution < -0.4 is 17.0 Å². The van der Waals surface area contributed by atoms with Crippen molar-refractivity contribution in [3.8, 4) is 0 Å². The van der Waals surface area contributed by atoms with Crippen LogP contribution in [0.4, 0.5) is 4.39 Å². The van der Waals surface area contributed by atoms with Gasteiger partial charge < -0.3 is 21.9 Å². The lowest BCUT2D eigenvalue weighted by atomic mass is 10.0. The molecule has 0 bridgehead atoms. The second kappa shape index (κ2) is 7.86. The van der Waals surface area contributed by atoms with Crippen LogP contribution in [0.15, 0.2) is 48.8 Å². The zero-order valence-electron chi connectivity index (χ0n) is 13.2. The zero-order valence-corrected chi connectivity index (χ0v) is 13.9. The van der Waals surface area contributed by atoms with Gasteiger partial charge in [-0.15, -0.1) is 0 Å². The van der Waals surface area contributed by atoms with E-state index in [9.17, 15) is 4.39 Å². The van der Waals surface area contributed by atoms with Crippen LogP contribution in [-0.2, 0) is 21.8 Å². The first kappa shape index (κ1) is 17.9. The second-order valence-corrected chi connectivity index (χ2v) is 5.67. The third-order valence-corrected chi connectivity index (χ3v) is 4.02. The Balaban J connectivity index is 0.00000192. The highest BCUT2D eigenvalue weighted by atomic mass is 35.5. The van der Waals surface area contributed by atoms with Gasteiger partial charge in [-0.05, 0) is 24.6 Å². The molecule has 0 N–H and O–H groups in total. The molecular formula is C18H21ClFNO2. The van der Waals surface area contributed by atoms with Crippen LogP contribution in [0.3, 0.4) is 0 Å². The number of halogens is 2. The number of rotatable bonds is 5. The smallest absolute Gasteiger partial charge is 0.195 e. The number of aromatic nitrogens is 1. The molecule has 0 amide bonds. The fraction of sp³-hybridized carbons (Fsp3) is 0.389. The summed E-state index contributed by atoms with van der Waals surface area (Å²) in [5.41, 5.74) is 2.14. The van der Waals surface area contributed by atoms with Crippen molar-refractivity contribution in [2.24, 2.45) is 0 Å². The summed E-state index contributed by atoms with van der Waals surface area (Å²) < 4.78 is 27.0. The van der Waals surface area contributed by atoms with Crippen molar-refractivity contribution in [1.82, 2.24) is 0 Å². The van der Waals surface area contributed by atoms with Gasteiger partial charge in [-0.1, -0.05) is 12.1 Å². The average molecular weight is 338 g/mol. The first-order chi connectivity index (χ1) is 10.7. The Kier molecular flexibility index (Phi) is 6.10. The van der Waals surface area contributed by atoms with E-state index in [0.29, 0.717) is 13.2 Å². The normalized spacial score (nSPS) is 16.1. The molecule has 0 unspecified atom stereocenters. The lowest BCUT2D eigenvalue weighted by molar-refractivity contribution is -0.697. The summed E-state index contributed by atoms with van der Waals surface area (Å²) >= 11 is 0. The summed E-state index contributed by atoms with van der Waals surface area (Å²) in [5, 5.41) is 0. The summed E-state index contributed by atoms with van der Waals surface area (Å²) in [7, 11) is 0. The fourth-order valence-electron chi connectivity index (χ4n) is 2.79. The number of pyridine rings is 1. The van der Waals surface area contributed by atoms with Crippen LogP contribution in [0.5, 0.6) is 0 Å². The van der Waals surface area contributed by atoms with E-state index >= 15 is 0 Å². The Bertz CT molecular complexity index is 610. The minimum atomic E-state index is -0.723. The van der Waals surface area contributed by atoms with Crippen LogP contribution in [0.25, 0.3) is 0 Å². The number of hydrogen-bond donors (Lipinski definition) is 0. The Labute approximate surface area is 142 Å². The fourth-order valence-corrected chi connectivity index (χ4v) is 2.79. The van der Waals surface area contributed by atoms with E-state index in [2.05, 4.69) is 36.0 Å². The van der Waals surface area contributed by atoms with E-state index in [-0.39, 0.29) is 18.2 Å². The highest BCUT2D eigenvalue weighted by Gasteiger charge is 2.38. The van der Waals surface area contributed by atoms with Crippen LogP contribution in [0, 0.1) is 12.7 Å². The highest BCUT2D eigenvalue weighted by Crippen LogP contribution is 2.35. The quantitative estimate of drug-likeness (QED) is 0.722. The number of ether oxygens (including phenoxy) is 2. The molecule has 3 rings (SSSR count). The predicted molar refractivity (Wildman–Crippen MR) is 80.6 cm³/mol. The van der Waals surface area contributed by atoms with Crippen LogP contribution in [0.1, 0.15) is 24.0 Å². The lowest BCUT2D eigenvalue weighted by Crippen LogP contribution is -3.00. The summed E-state index contributed by atoms with van der Waals surface area (Å²) in [6.45, 7) is 4.13. The van der Waals surface area contributed by atoms with E-state index < -0.39 is 5.79 Å². The van der Waals surface area contributed by atoms with Crippen molar-refractivity contribution in [2.45, 2.75) is 32.1 Å². The Morgan fingerprint density at radius 1 is 1.04 bits per heavy atom. The van der Waals surface area contributed by atoms with E-state index in [0.717, 1.165) is 24.9 Å². The molecule has 0 spiro atoms. The summed E-state index contributed by atoms with van der Waals surface area (Å²) in [6.07, 6.45) is 5.83. The minimum absolute atomic E-state index is 0. The van der Waals surface area contributed by atoms with Crippen molar-refractivity contribution < 1.29 is 30.8 Å². The van der Waals surface area contributed by atoms with Gasteiger partial charge in [0.15, 0.2) is 18.2 Å².